The van der Waals surface area contributed by atoms with Gasteiger partial charge in [-0.05, 0) is 23.8 Å². The van der Waals surface area contributed by atoms with Crippen molar-refractivity contribution in [2.75, 3.05) is 6.61 Å². The molecule has 23 heavy (non-hydrogen) atoms. The lowest BCUT2D eigenvalue weighted by molar-refractivity contribution is -0.149. The number of hydrogen-bond donors (Lipinski definition) is 1. The van der Waals surface area contributed by atoms with Crippen LogP contribution >= 0.6 is 0 Å². The van der Waals surface area contributed by atoms with Gasteiger partial charge in [-0.25, -0.2) is 9.59 Å². The first-order valence-corrected chi connectivity index (χ1v) is 7.92. The Morgan fingerprint density at radius 3 is 2.26 bits per heavy atom. The molecule has 1 amide bonds. The van der Waals surface area contributed by atoms with Crippen LogP contribution in [0.4, 0.5) is 4.79 Å². The Kier molecular flexibility index (Phi) is 7.07. The largest absolute Gasteiger partial charge is 0.464 e. The minimum absolute atomic E-state index is 0.157. The number of esters is 1. The van der Waals surface area contributed by atoms with Crippen molar-refractivity contribution in [1.82, 2.24) is 5.32 Å². The molecule has 0 saturated carbocycles. The van der Waals surface area contributed by atoms with Crippen LogP contribution in [-0.2, 0) is 20.9 Å². The highest BCUT2D eigenvalue weighted by Gasteiger charge is 2.40. The number of nitrogens with one attached hydrogen (secondary N) is 1. The molecule has 1 N–H and O–H groups in total. The average Bonchev–Trinajstić information content (AvgIpc) is 2.51. The number of hydrogen-bond acceptors (Lipinski definition) is 4. The topological polar surface area (TPSA) is 64.6 Å². The predicted octanol–water partition coefficient (Wildman–Crippen LogP) is 3.53. The third kappa shape index (κ3) is 5.58. The van der Waals surface area contributed by atoms with Gasteiger partial charge in [-0.2, -0.15) is 0 Å². The van der Waals surface area contributed by atoms with Crippen LogP contribution in [0, 0.1) is 11.3 Å². The molecule has 0 bridgehead atoms. The van der Waals surface area contributed by atoms with Gasteiger partial charge in [-0.1, -0.05) is 58.0 Å². The molecule has 0 heterocycles. The molecule has 1 rings (SSSR count). The minimum atomic E-state index is -0.759. The second-order valence-electron chi connectivity index (χ2n) is 6.37. The molecular weight excluding hydrogens is 294 g/mol. The summed E-state index contributed by atoms with van der Waals surface area (Å²) in [7, 11) is 0. The van der Waals surface area contributed by atoms with Crippen LogP contribution < -0.4 is 5.32 Å². The van der Waals surface area contributed by atoms with Gasteiger partial charge >= 0.3 is 12.1 Å². The van der Waals surface area contributed by atoms with E-state index < -0.39 is 23.5 Å². The Morgan fingerprint density at radius 2 is 1.74 bits per heavy atom. The Morgan fingerprint density at radius 1 is 1.13 bits per heavy atom. The van der Waals surface area contributed by atoms with E-state index in [-0.39, 0.29) is 19.1 Å². The van der Waals surface area contributed by atoms with Crippen LogP contribution in [0.1, 0.15) is 40.2 Å². The molecule has 0 aliphatic heterocycles. The smallest absolute Gasteiger partial charge is 0.408 e. The Hall–Kier alpha value is -2.04. The molecule has 5 heteroatoms. The lowest BCUT2D eigenvalue weighted by Gasteiger charge is -2.36. The van der Waals surface area contributed by atoms with E-state index in [9.17, 15) is 9.59 Å². The van der Waals surface area contributed by atoms with Crippen molar-refractivity contribution >= 4 is 12.1 Å². The summed E-state index contributed by atoms with van der Waals surface area (Å²) >= 11 is 0. The van der Waals surface area contributed by atoms with Crippen molar-refractivity contribution < 1.29 is 19.1 Å². The molecule has 0 radical (unpaired) electrons. The van der Waals surface area contributed by atoms with Crippen LogP contribution in [0.5, 0.6) is 0 Å². The van der Waals surface area contributed by atoms with Gasteiger partial charge in [0.2, 0.25) is 0 Å². The fourth-order valence-electron chi connectivity index (χ4n) is 1.99. The molecule has 0 aliphatic carbocycles. The summed E-state index contributed by atoms with van der Waals surface area (Å²) in [5, 5.41) is 2.66. The summed E-state index contributed by atoms with van der Waals surface area (Å²) in [6.07, 6.45) is -0.624. The number of rotatable bonds is 7. The van der Waals surface area contributed by atoms with Crippen molar-refractivity contribution in [3.63, 3.8) is 0 Å². The van der Waals surface area contributed by atoms with E-state index in [1.165, 1.54) is 0 Å². The molecule has 5 nitrogen and oxygen atoms in total. The molecule has 1 aromatic rings. The third-order valence-corrected chi connectivity index (χ3v) is 4.23. The number of carbonyl (C=O) groups excluding carboxylic acids is 2. The second-order valence-corrected chi connectivity index (χ2v) is 6.37. The normalized spacial score (nSPS) is 12.6. The third-order valence-electron chi connectivity index (χ3n) is 4.23. The van der Waals surface area contributed by atoms with E-state index in [2.05, 4.69) is 5.32 Å². The van der Waals surface area contributed by atoms with Gasteiger partial charge in [0.15, 0.2) is 0 Å². The summed E-state index contributed by atoms with van der Waals surface area (Å²) in [4.78, 5) is 24.3. The van der Waals surface area contributed by atoms with Crippen LogP contribution in [0.3, 0.4) is 0 Å². The molecular formula is C18H27NO4. The van der Waals surface area contributed by atoms with E-state index in [1.54, 1.807) is 6.92 Å². The number of ether oxygens (including phenoxy) is 2. The SMILES string of the molecule is CCOC(=O)C(NC(=O)OCc1ccccc1)C(C)(C)C(C)C. The summed E-state index contributed by atoms with van der Waals surface area (Å²) in [5.41, 5.74) is 0.427. The molecule has 1 atom stereocenters. The van der Waals surface area contributed by atoms with Gasteiger partial charge in [0.05, 0.1) is 6.61 Å². The van der Waals surface area contributed by atoms with Crippen molar-refractivity contribution in [3.8, 4) is 0 Å². The fourth-order valence-corrected chi connectivity index (χ4v) is 1.99. The maximum Gasteiger partial charge on any atom is 0.408 e. The van der Waals surface area contributed by atoms with Gasteiger partial charge in [0.25, 0.3) is 0 Å². The Labute approximate surface area is 138 Å². The monoisotopic (exact) mass is 321 g/mol. The first kappa shape index (κ1) is 19.0. The number of carbonyl (C=O) groups is 2. The molecule has 1 unspecified atom stereocenters. The fraction of sp³-hybridized carbons (Fsp3) is 0.556. The Balaban J connectivity index is 2.72. The quantitative estimate of drug-likeness (QED) is 0.780. The molecule has 0 aliphatic rings. The van der Waals surface area contributed by atoms with Crippen molar-refractivity contribution in [1.29, 1.82) is 0 Å². The van der Waals surface area contributed by atoms with Gasteiger partial charge in [0.1, 0.15) is 12.6 Å². The lowest BCUT2D eigenvalue weighted by Crippen LogP contribution is -2.53. The van der Waals surface area contributed by atoms with Gasteiger partial charge < -0.3 is 14.8 Å². The van der Waals surface area contributed by atoms with Crippen molar-refractivity contribution in [2.45, 2.75) is 47.3 Å². The molecule has 0 fully saturated rings. The van der Waals surface area contributed by atoms with Crippen LogP contribution in [0.2, 0.25) is 0 Å². The highest BCUT2D eigenvalue weighted by molar-refractivity contribution is 5.82. The number of benzene rings is 1. The van der Waals surface area contributed by atoms with E-state index in [0.29, 0.717) is 0 Å². The number of alkyl carbamates (subject to hydrolysis) is 1. The molecule has 0 saturated heterocycles. The highest BCUT2D eigenvalue weighted by Crippen LogP contribution is 2.31. The predicted molar refractivity (Wildman–Crippen MR) is 88.8 cm³/mol. The minimum Gasteiger partial charge on any atom is -0.464 e. The summed E-state index contributed by atoms with van der Waals surface area (Å²) in [6, 6.07) is 8.62. The molecule has 0 spiro atoms. The lowest BCUT2D eigenvalue weighted by atomic mass is 9.74. The zero-order valence-corrected chi connectivity index (χ0v) is 14.6. The van der Waals surface area contributed by atoms with E-state index in [4.69, 9.17) is 9.47 Å². The van der Waals surface area contributed by atoms with Crippen LogP contribution in [0.25, 0.3) is 0 Å². The first-order valence-electron chi connectivity index (χ1n) is 7.92. The molecule has 1 aromatic carbocycles. The molecule has 128 valence electrons. The van der Waals surface area contributed by atoms with E-state index >= 15 is 0 Å². The van der Waals surface area contributed by atoms with E-state index in [0.717, 1.165) is 5.56 Å². The van der Waals surface area contributed by atoms with Crippen molar-refractivity contribution in [3.05, 3.63) is 35.9 Å². The first-order chi connectivity index (χ1) is 10.8. The summed E-state index contributed by atoms with van der Waals surface area (Å²) in [6.45, 7) is 10.0. The number of amides is 1. The van der Waals surface area contributed by atoms with E-state index in [1.807, 2.05) is 58.0 Å². The summed E-state index contributed by atoms with van der Waals surface area (Å²) in [5.74, 6) is -0.269. The van der Waals surface area contributed by atoms with Crippen LogP contribution in [0.15, 0.2) is 30.3 Å². The second kappa shape index (κ2) is 8.56. The zero-order chi connectivity index (χ0) is 17.5. The zero-order valence-electron chi connectivity index (χ0n) is 14.6. The average molecular weight is 321 g/mol. The highest BCUT2D eigenvalue weighted by atomic mass is 16.6. The maximum atomic E-state index is 12.2. The summed E-state index contributed by atoms with van der Waals surface area (Å²) < 4.78 is 10.3. The van der Waals surface area contributed by atoms with Gasteiger partial charge in [-0.15, -0.1) is 0 Å². The maximum absolute atomic E-state index is 12.2. The van der Waals surface area contributed by atoms with Gasteiger partial charge in [-0.3, -0.25) is 0 Å². The van der Waals surface area contributed by atoms with Gasteiger partial charge in [0, 0.05) is 0 Å². The van der Waals surface area contributed by atoms with Crippen molar-refractivity contribution in [2.24, 2.45) is 11.3 Å². The Bertz CT molecular complexity index is 511. The standard InChI is InChI=1S/C18H27NO4/c1-6-22-16(20)15(18(4,5)13(2)3)19-17(21)23-12-14-10-8-7-9-11-14/h7-11,13,15H,6,12H2,1-5H3,(H,19,21). The molecule has 0 aromatic heterocycles. The van der Waals surface area contributed by atoms with Crippen LogP contribution in [-0.4, -0.2) is 24.7 Å².